The Morgan fingerprint density at radius 1 is 0.964 bits per heavy atom. The van der Waals surface area contributed by atoms with Crippen molar-refractivity contribution in [2.75, 3.05) is 25.5 Å². The second kappa shape index (κ2) is 9.46. The molecule has 0 saturated carbocycles. The van der Waals surface area contributed by atoms with Crippen LogP contribution in [0.5, 0.6) is 0 Å². The van der Waals surface area contributed by atoms with Gasteiger partial charge in [0.25, 0.3) is 0 Å². The van der Waals surface area contributed by atoms with Crippen LogP contribution < -0.4 is 5.32 Å². The highest BCUT2D eigenvalue weighted by Crippen LogP contribution is 2.15. The number of benzene rings is 2. The number of nitrogens with one attached hydrogen (secondary N) is 1. The Labute approximate surface area is 166 Å². The Morgan fingerprint density at radius 3 is 2.14 bits per heavy atom. The van der Waals surface area contributed by atoms with Crippen molar-refractivity contribution < 1.29 is 14.0 Å². The van der Waals surface area contributed by atoms with Gasteiger partial charge in [0.2, 0.25) is 11.8 Å². The van der Waals surface area contributed by atoms with Gasteiger partial charge in [-0.15, -0.1) is 0 Å². The maximum Gasteiger partial charge on any atom is 0.244 e. The maximum atomic E-state index is 13.0. The molecule has 0 spiro atoms. The lowest BCUT2D eigenvalue weighted by atomic mass is 10.1. The van der Waals surface area contributed by atoms with Gasteiger partial charge in [-0.05, 0) is 57.6 Å². The van der Waals surface area contributed by atoms with Gasteiger partial charge >= 0.3 is 0 Å². The summed E-state index contributed by atoms with van der Waals surface area (Å²) >= 11 is 0. The monoisotopic (exact) mass is 385 g/mol. The van der Waals surface area contributed by atoms with E-state index in [1.807, 2.05) is 63.1 Å². The first kappa shape index (κ1) is 21.6. The number of rotatable bonds is 7. The van der Waals surface area contributed by atoms with Crippen LogP contribution in [-0.4, -0.2) is 47.3 Å². The van der Waals surface area contributed by atoms with Crippen molar-refractivity contribution in [2.24, 2.45) is 0 Å². The molecular weight excluding hydrogens is 357 g/mol. The molecule has 0 unspecified atom stereocenters. The summed E-state index contributed by atoms with van der Waals surface area (Å²) in [5.41, 5.74) is 1.10. The van der Waals surface area contributed by atoms with Crippen molar-refractivity contribution in [2.45, 2.75) is 32.9 Å². The minimum absolute atomic E-state index is 0.0705. The third kappa shape index (κ3) is 6.78. The van der Waals surface area contributed by atoms with Crippen LogP contribution in [0.4, 0.5) is 10.1 Å². The fourth-order valence-electron chi connectivity index (χ4n) is 2.84. The van der Waals surface area contributed by atoms with Crippen molar-refractivity contribution in [1.82, 2.24) is 9.80 Å². The molecule has 0 fully saturated rings. The largest absolute Gasteiger partial charge is 0.327 e. The van der Waals surface area contributed by atoms with E-state index in [1.165, 1.54) is 24.3 Å². The van der Waals surface area contributed by atoms with Crippen molar-refractivity contribution in [1.29, 1.82) is 0 Å². The zero-order valence-corrected chi connectivity index (χ0v) is 16.9. The first-order chi connectivity index (χ1) is 13.1. The SMILES string of the molecule is CN(CC(=O)N(CC(=O)Nc1ccc(F)cc1)C(C)(C)C)Cc1ccccc1. The average Bonchev–Trinajstić information content (AvgIpc) is 2.61. The molecule has 0 heterocycles. The van der Waals surface area contributed by atoms with Crippen molar-refractivity contribution in [3.63, 3.8) is 0 Å². The summed E-state index contributed by atoms with van der Waals surface area (Å²) < 4.78 is 13.0. The molecule has 0 aromatic heterocycles. The number of anilines is 1. The van der Waals surface area contributed by atoms with Crippen molar-refractivity contribution in [3.8, 4) is 0 Å². The van der Waals surface area contributed by atoms with E-state index >= 15 is 0 Å². The van der Waals surface area contributed by atoms with Gasteiger partial charge in [0.15, 0.2) is 0 Å². The van der Waals surface area contributed by atoms with Crippen molar-refractivity contribution in [3.05, 3.63) is 66.0 Å². The number of hydrogen-bond donors (Lipinski definition) is 1. The molecule has 0 saturated heterocycles. The number of nitrogens with zero attached hydrogens (tertiary/aromatic N) is 2. The normalized spacial score (nSPS) is 11.4. The molecule has 0 bridgehead atoms. The molecule has 6 heteroatoms. The number of amides is 2. The average molecular weight is 385 g/mol. The Morgan fingerprint density at radius 2 is 1.57 bits per heavy atom. The summed E-state index contributed by atoms with van der Waals surface area (Å²) in [5, 5.41) is 2.71. The standard InChI is InChI=1S/C22H28FN3O2/c1-22(2,3)26(15-20(27)24-19-12-10-18(23)11-13-19)21(28)16-25(4)14-17-8-6-5-7-9-17/h5-13H,14-16H2,1-4H3,(H,24,27). The first-order valence-electron chi connectivity index (χ1n) is 9.23. The Hall–Kier alpha value is -2.73. The Bertz CT molecular complexity index is 786. The van der Waals surface area contributed by atoms with Crippen LogP contribution in [0.25, 0.3) is 0 Å². The van der Waals surface area contributed by atoms with Crippen LogP contribution in [0.2, 0.25) is 0 Å². The van der Waals surface area contributed by atoms with Crippen LogP contribution in [0.15, 0.2) is 54.6 Å². The smallest absolute Gasteiger partial charge is 0.244 e. The lowest BCUT2D eigenvalue weighted by molar-refractivity contribution is -0.140. The molecule has 0 radical (unpaired) electrons. The highest BCUT2D eigenvalue weighted by Gasteiger charge is 2.29. The van der Waals surface area contributed by atoms with Gasteiger partial charge in [-0.2, -0.15) is 0 Å². The van der Waals surface area contributed by atoms with E-state index in [-0.39, 0.29) is 30.7 Å². The van der Waals surface area contributed by atoms with Crippen LogP contribution in [0, 0.1) is 5.82 Å². The number of carbonyl (C=O) groups is 2. The van der Waals surface area contributed by atoms with Crippen LogP contribution in [0.3, 0.4) is 0 Å². The van der Waals surface area contributed by atoms with Gasteiger partial charge in [-0.1, -0.05) is 30.3 Å². The van der Waals surface area contributed by atoms with Gasteiger partial charge in [0.1, 0.15) is 12.4 Å². The molecule has 2 amide bonds. The fraction of sp³-hybridized carbons (Fsp3) is 0.364. The first-order valence-corrected chi connectivity index (χ1v) is 9.23. The van der Waals surface area contributed by atoms with E-state index in [0.717, 1.165) is 5.56 Å². The highest BCUT2D eigenvalue weighted by atomic mass is 19.1. The van der Waals surface area contributed by atoms with E-state index in [9.17, 15) is 14.0 Å². The summed E-state index contributed by atoms with van der Waals surface area (Å²) in [7, 11) is 1.88. The summed E-state index contributed by atoms with van der Waals surface area (Å²) in [4.78, 5) is 28.8. The third-order valence-corrected chi connectivity index (χ3v) is 4.24. The zero-order valence-electron chi connectivity index (χ0n) is 16.9. The minimum Gasteiger partial charge on any atom is -0.327 e. The molecular formula is C22H28FN3O2. The number of carbonyl (C=O) groups excluding carboxylic acids is 2. The van der Waals surface area contributed by atoms with E-state index in [4.69, 9.17) is 0 Å². The molecule has 1 N–H and O–H groups in total. The summed E-state index contributed by atoms with van der Waals surface area (Å²) in [6.45, 7) is 6.47. The lowest BCUT2D eigenvalue weighted by Crippen LogP contribution is -2.52. The molecule has 0 aliphatic carbocycles. The van der Waals surface area contributed by atoms with E-state index in [0.29, 0.717) is 12.2 Å². The summed E-state index contributed by atoms with van der Waals surface area (Å²) in [6, 6.07) is 15.4. The molecule has 0 aliphatic rings. The molecule has 2 aromatic carbocycles. The quantitative estimate of drug-likeness (QED) is 0.793. The van der Waals surface area contributed by atoms with Crippen molar-refractivity contribution >= 4 is 17.5 Å². The Balaban J connectivity index is 1.98. The Kier molecular flexibility index (Phi) is 7.29. The second-order valence-electron chi connectivity index (χ2n) is 7.86. The van der Waals surface area contributed by atoms with Gasteiger partial charge in [0.05, 0.1) is 6.54 Å². The third-order valence-electron chi connectivity index (χ3n) is 4.24. The number of halogens is 1. The van der Waals surface area contributed by atoms with E-state index < -0.39 is 5.54 Å². The predicted octanol–water partition coefficient (Wildman–Crippen LogP) is 3.52. The molecule has 0 aliphatic heterocycles. The van der Waals surface area contributed by atoms with E-state index in [1.54, 1.807) is 4.90 Å². The van der Waals surface area contributed by atoms with Crippen LogP contribution in [-0.2, 0) is 16.1 Å². The molecule has 2 rings (SSSR count). The van der Waals surface area contributed by atoms with Gasteiger partial charge < -0.3 is 10.2 Å². The summed E-state index contributed by atoms with van der Waals surface area (Å²) in [6.07, 6.45) is 0. The van der Waals surface area contributed by atoms with Gasteiger partial charge in [-0.25, -0.2) is 4.39 Å². The number of hydrogen-bond acceptors (Lipinski definition) is 3. The number of likely N-dealkylation sites (N-methyl/N-ethyl adjacent to an activating group) is 1. The zero-order chi connectivity index (χ0) is 20.7. The second-order valence-corrected chi connectivity index (χ2v) is 7.86. The topological polar surface area (TPSA) is 52.7 Å². The molecule has 0 atom stereocenters. The molecule has 2 aromatic rings. The van der Waals surface area contributed by atoms with Gasteiger partial charge in [-0.3, -0.25) is 14.5 Å². The maximum absolute atomic E-state index is 13.0. The molecule has 28 heavy (non-hydrogen) atoms. The fourth-order valence-corrected chi connectivity index (χ4v) is 2.84. The summed E-state index contributed by atoms with van der Waals surface area (Å²) in [5.74, 6) is -0.813. The van der Waals surface area contributed by atoms with Crippen LogP contribution in [0.1, 0.15) is 26.3 Å². The molecule has 5 nitrogen and oxygen atoms in total. The molecule has 150 valence electrons. The highest BCUT2D eigenvalue weighted by molar-refractivity contribution is 5.95. The van der Waals surface area contributed by atoms with Crippen LogP contribution >= 0.6 is 0 Å². The van der Waals surface area contributed by atoms with Gasteiger partial charge in [0, 0.05) is 17.8 Å². The van der Waals surface area contributed by atoms with E-state index in [2.05, 4.69) is 5.32 Å². The minimum atomic E-state index is -0.509. The lowest BCUT2D eigenvalue weighted by Gasteiger charge is -2.36. The predicted molar refractivity (Wildman–Crippen MR) is 109 cm³/mol.